The molecule has 0 saturated carbocycles. The number of rotatable bonds is 7. The number of hydrogen-bond donors (Lipinski definition) is 2. The third-order valence-electron chi connectivity index (χ3n) is 4.85. The lowest BCUT2D eigenvalue weighted by atomic mass is 10.1. The predicted molar refractivity (Wildman–Crippen MR) is 114 cm³/mol. The lowest BCUT2D eigenvalue weighted by Gasteiger charge is -2.16. The Balaban J connectivity index is 1.56. The quantitative estimate of drug-likeness (QED) is 0.440. The number of nitrogens with zero attached hydrogens (tertiary/aromatic N) is 1. The van der Waals surface area contributed by atoms with Crippen LogP contribution in [0.2, 0.25) is 0 Å². The Morgan fingerprint density at radius 2 is 2.11 bits per heavy atom. The van der Waals surface area contributed by atoms with Crippen molar-refractivity contribution in [2.24, 2.45) is 0 Å². The van der Waals surface area contributed by atoms with E-state index in [2.05, 4.69) is 58.5 Å². The number of thiazole rings is 1. The highest BCUT2D eigenvalue weighted by Gasteiger charge is 2.17. The Morgan fingerprint density at radius 1 is 1.22 bits per heavy atom. The molecule has 0 saturated heterocycles. The molecule has 3 aromatic heterocycles. The van der Waals surface area contributed by atoms with E-state index in [1.54, 1.807) is 29.8 Å². The molecule has 0 aliphatic carbocycles. The van der Waals surface area contributed by atoms with Crippen molar-refractivity contribution in [3.63, 3.8) is 0 Å². The van der Waals surface area contributed by atoms with Gasteiger partial charge in [-0.1, -0.05) is 0 Å². The molecule has 140 valence electrons. The Hall–Kier alpha value is -2.15. The highest BCUT2D eigenvalue weighted by Crippen LogP contribution is 2.28. The summed E-state index contributed by atoms with van der Waals surface area (Å²) in [5.41, 5.74) is 6.05. The summed E-state index contributed by atoms with van der Waals surface area (Å²) in [6.07, 6.45) is 0.948. The second-order valence-corrected chi connectivity index (χ2v) is 8.41. The Labute approximate surface area is 167 Å². The number of thiophene rings is 1. The topological polar surface area (TPSA) is 49.9 Å². The van der Waals surface area contributed by atoms with Crippen molar-refractivity contribution >= 4 is 33.6 Å². The number of ether oxygens (including phenoxy) is 1. The third-order valence-corrected chi connectivity index (χ3v) is 6.66. The molecule has 3 heterocycles. The number of nitrogens with one attached hydrogen (secondary N) is 2. The van der Waals surface area contributed by atoms with Crippen molar-refractivity contribution in [2.45, 2.75) is 32.9 Å². The number of aryl methyl sites for hydroxylation is 2. The van der Waals surface area contributed by atoms with E-state index < -0.39 is 0 Å². The zero-order valence-corrected chi connectivity index (χ0v) is 17.3. The summed E-state index contributed by atoms with van der Waals surface area (Å²) in [6, 6.07) is 8.57. The van der Waals surface area contributed by atoms with Gasteiger partial charge in [-0.3, -0.25) is 0 Å². The largest absolute Gasteiger partial charge is 0.497 e. The first-order valence-corrected chi connectivity index (χ1v) is 10.8. The fraction of sp³-hybridized carbons (Fsp3) is 0.286. The van der Waals surface area contributed by atoms with Crippen LogP contribution in [-0.2, 0) is 13.0 Å². The van der Waals surface area contributed by atoms with Gasteiger partial charge in [-0.25, -0.2) is 4.98 Å². The van der Waals surface area contributed by atoms with Gasteiger partial charge in [0.15, 0.2) is 0 Å². The van der Waals surface area contributed by atoms with E-state index in [1.165, 1.54) is 22.2 Å². The Morgan fingerprint density at radius 3 is 2.81 bits per heavy atom. The number of hydrogen-bond acceptors (Lipinski definition) is 5. The van der Waals surface area contributed by atoms with Gasteiger partial charge in [-0.2, -0.15) is 11.3 Å². The SMILES string of the molecule is COc1ccc2[nH]c(CN[C@@H](Cc3ccsc3)c3nc(C)cs3)c(C)c2c1. The molecule has 4 aromatic rings. The van der Waals surface area contributed by atoms with Crippen LogP contribution in [0.25, 0.3) is 10.9 Å². The second-order valence-electron chi connectivity index (χ2n) is 6.74. The van der Waals surface area contributed by atoms with Crippen molar-refractivity contribution in [1.82, 2.24) is 15.3 Å². The molecule has 0 spiro atoms. The van der Waals surface area contributed by atoms with Crippen LogP contribution < -0.4 is 10.1 Å². The Bertz CT molecular complexity index is 1030. The van der Waals surface area contributed by atoms with E-state index in [4.69, 9.17) is 9.72 Å². The molecule has 4 rings (SSSR count). The van der Waals surface area contributed by atoms with Crippen LogP contribution >= 0.6 is 22.7 Å². The zero-order valence-electron chi connectivity index (χ0n) is 15.7. The molecule has 27 heavy (non-hydrogen) atoms. The summed E-state index contributed by atoms with van der Waals surface area (Å²) in [5.74, 6) is 0.887. The van der Waals surface area contributed by atoms with Crippen LogP contribution in [0.3, 0.4) is 0 Å². The molecular weight excluding hydrogens is 374 g/mol. The minimum atomic E-state index is 0.207. The van der Waals surface area contributed by atoms with Crippen molar-refractivity contribution < 1.29 is 4.74 Å². The molecule has 0 radical (unpaired) electrons. The smallest absolute Gasteiger partial charge is 0.119 e. The van der Waals surface area contributed by atoms with Crippen molar-refractivity contribution in [2.75, 3.05) is 7.11 Å². The van der Waals surface area contributed by atoms with Crippen molar-refractivity contribution in [1.29, 1.82) is 0 Å². The normalized spacial score (nSPS) is 12.6. The summed E-state index contributed by atoms with van der Waals surface area (Å²) < 4.78 is 5.37. The lowest BCUT2D eigenvalue weighted by Crippen LogP contribution is -2.23. The van der Waals surface area contributed by atoms with E-state index in [0.29, 0.717) is 0 Å². The standard InChI is InChI=1S/C21H23N3OS2/c1-13-11-27-21(23-13)19(8-15-6-7-26-12-15)22-10-20-14(2)17-9-16(25-3)4-5-18(17)24-20/h4-7,9,11-12,19,22,24H,8,10H2,1-3H3/t19-/m0/s1. The fourth-order valence-electron chi connectivity index (χ4n) is 3.31. The molecule has 4 nitrogen and oxygen atoms in total. The minimum Gasteiger partial charge on any atom is -0.497 e. The van der Waals surface area contributed by atoms with Gasteiger partial charge >= 0.3 is 0 Å². The van der Waals surface area contributed by atoms with Crippen LogP contribution in [0.4, 0.5) is 0 Å². The summed E-state index contributed by atoms with van der Waals surface area (Å²) in [6.45, 7) is 4.99. The molecule has 0 aliphatic rings. The van der Waals surface area contributed by atoms with Gasteiger partial charge in [-0.05, 0) is 66.4 Å². The Kier molecular flexibility index (Phi) is 5.29. The molecule has 0 fully saturated rings. The van der Waals surface area contributed by atoms with Gasteiger partial charge in [0.05, 0.1) is 13.2 Å². The van der Waals surface area contributed by atoms with E-state index >= 15 is 0 Å². The number of fused-ring (bicyclic) bond motifs is 1. The second kappa shape index (κ2) is 7.84. The molecule has 0 amide bonds. The highest BCUT2D eigenvalue weighted by molar-refractivity contribution is 7.09. The predicted octanol–water partition coefficient (Wildman–Crippen LogP) is 5.38. The number of aromatic nitrogens is 2. The first-order chi connectivity index (χ1) is 13.1. The van der Waals surface area contributed by atoms with Gasteiger partial charge in [0.1, 0.15) is 10.8 Å². The average Bonchev–Trinajstić information content (AvgIpc) is 3.40. The minimum absolute atomic E-state index is 0.207. The van der Waals surface area contributed by atoms with Crippen LogP contribution in [0.5, 0.6) is 5.75 Å². The van der Waals surface area contributed by atoms with Crippen LogP contribution in [0.1, 0.15) is 33.6 Å². The zero-order chi connectivity index (χ0) is 18.8. The fourth-order valence-corrected chi connectivity index (χ4v) is 4.87. The summed E-state index contributed by atoms with van der Waals surface area (Å²) in [5, 5.41) is 12.6. The van der Waals surface area contributed by atoms with Gasteiger partial charge in [0.25, 0.3) is 0 Å². The molecule has 2 N–H and O–H groups in total. The average molecular weight is 398 g/mol. The monoisotopic (exact) mass is 397 g/mol. The van der Waals surface area contributed by atoms with E-state index in [9.17, 15) is 0 Å². The summed E-state index contributed by atoms with van der Waals surface area (Å²) in [7, 11) is 1.71. The van der Waals surface area contributed by atoms with Crippen LogP contribution in [0.15, 0.2) is 40.4 Å². The highest BCUT2D eigenvalue weighted by atomic mass is 32.1. The maximum absolute atomic E-state index is 5.37. The van der Waals surface area contributed by atoms with E-state index in [1.807, 2.05) is 6.07 Å². The first kappa shape index (κ1) is 18.2. The number of H-pyrrole nitrogens is 1. The molecular formula is C21H23N3OS2. The van der Waals surface area contributed by atoms with E-state index in [-0.39, 0.29) is 6.04 Å². The lowest BCUT2D eigenvalue weighted by molar-refractivity contribution is 0.415. The summed E-state index contributed by atoms with van der Waals surface area (Å²) >= 11 is 3.47. The number of aromatic amines is 1. The van der Waals surface area contributed by atoms with Crippen molar-refractivity contribution in [3.05, 3.63) is 67.9 Å². The van der Waals surface area contributed by atoms with Gasteiger partial charge in [0.2, 0.25) is 0 Å². The van der Waals surface area contributed by atoms with Gasteiger partial charge in [-0.15, -0.1) is 11.3 Å². The number of methoxy groups -OCH3 is 1. The molecule has 0 unspecified atom stereocenters. The van der Waals surface area contributed by atoms with Crippen LogP contribution in [0, 0.1) is 13.8 Å². The molecule has 6 heteroatoms. The molecule has 1 aromatic carbocycles. The van der Waals surface area contributed by atoms with Gasteiger partial charge in [0, 0.05) is 34.2 Å². The van der Waals surface area contributed by atoms with E-state index in [0.717, 1.165) is 34.9 Å². The first-order valence-electron chi connectivity index (χ1n) is 8.95. The van der Waals surface area contributed by atoms with Crippen LogP contribution in [-0.4, -0.2) is 17.1 Å². The summed E-state index contributed by atoms with van der Waals surface area (Å²) in [4.78, 5) is 8.28. The molecule has 0 aliphatic heterocycles. The maximum atomic E-state index is 5.37. The third kappa shape index (κ3) is 3.93. The van der Waals surface area contributed by atoms with Crippen molar-refractivity contribution in [3.8, 4) is 5.75 Å². The molecule has 1 atom stereocenters. The molecule has 0 bridgehead atoms. The van der Waals surface area contributed by atoms with Gasteiger partial charge < -0.3 is 15.0 Å². The maximum Gasteiger partial charge on any atom is 0.119 e. The number of benzene rings is 1.